The predicted octanol–water partition coefficient (Wildman–Crippen LogP) is 9.09. The third-order valence-corrected chi connectivity index (χ3v) is 6.70. The van der Waals surface area contributed by atoms with Crippen molar-refractivity contribution in [3.63, 3.8) is 0 Å². The molecule has 1 aliphatic rings. The number of hydrogen-bond donors (Lipinski definition) is 0. The van der Waals surface area contributed by atoms with Gasteiger partial charge >= 0.3 is 0 Å². The fourth-order valence-corrected chi connectivity index (χ4v) is 5.10. The van der Waals surface area contributed by atoms with Crippen LogP contribution in [0, 0.1) is 0 Å². The van der Waals surface area contributed by atoms with Crippen molar-refractivity contribution in [3.8, 4) is 11.1 Å². The largest absolute Gasteiger partial charge is 0.0654 e. The van der Waals surface area contributed by atoms with E-state index in [1.54, 1.807) is 0 Å². The molecule has 0 heteroatoms. The van der Waals surface area contributed by atoms with Crippen molar-refractivity contribution in [1.82, 2.24) is 0 Å². The molecule has 0 spiro atoms. The van der Waals surface area contributed by atoms with E-state index in [1.807, 2.05) is 0 Å². The molecule has 5 rings (SSSR count). The van der Waals surface area contributed by atoms with E-state index in [1.165, 1.54) is 76.3 Å². The molecule has 0 saturated heterocycles. The van der Waals surface area contributed by atoms with E-state index in [9.17, 15) is 0 Å². The summed E-state index contributed by atoms with van der Waals surface area (Å²) in [6.45, 7) is 2.29. The third kappa shape index (κ3) is 3.95. The summed E-state index contributed by atoms with van der Waals surface area (Å²) < 4.78 is 0. The highest BCUT2D eigenvalue weighted by Gasteiger charge is 2.27. The molecule has 4 aromatic carbocycles. The zero-order valence-corrected chi connectivity index (χ0v) is 18.4. The molecule has 0 bridgehead atoms. The minimum atomic E-state index is 0.536. The van der Waals surface area contributed by atoms with E-state index in [0.29, 0.717) is 5.92 Å². The van der Waals surface area contributed by atoms with Gasteiger partial charge in [0.25, 0.3) is 0 Å². The number of unbranched alkanes of at least 4 members (excludes halogenated alkanes) is 3. The van der Waals surface area contributed by atoms with Gasteiger partial charge in [0.15, 0.2) is 0 Å². The van der Waals surface area contributed by atoms with E-state index in [0.717, 1.165) is 0 Å². The lowest BCUT2D eigenvalue weighted by Gasteiger charge is -2.14. The van der Waals surface area contributed by atoms with E-state index in [-0.39, 0.29) is 0 Å². The lowest BCUT2D eigenvalue weighted by atomic mass is 9.90. The SMILES string of the molecule is CCCCCCC1c2ccccc2-c2ccc(C=Cc3cccc4ccccc34)cc21. The van der Waals surface area contributed by atoms with Crippen molar-refractivity contribution < 1.29 is 0 Å². The Morgan fingerprint density at radius 2 is 1.48 bits per heavy atom. The Bertz CT molecular complexity index is 1220. The van der Waals surface area contributed by atoms with E-state index < -0.39 is 0 Å². The Kier molecular flexibility index (Phi) is 5.71. The fourth-order valence-electron chi connectivity index (χ4n) is 5.10. The van der Waals surface area contributed by atoms with Gasteiger partial charge in [-0.05, 0) is 50.6 Å². The van der Waals surface area contributed by atoms with Gasteiger partial charge in [-0.15, -0.1) is 0 Å². The van der Waals surface area contributed by atoms with Gasteiger partial charge in [0.05, 0.1) is 0 Å². The van der Waals surface area contributed by atoms with E-state index >= 15 is 0 Å². The molecule has 0 amide bonds. The van der Waals surface area contributed by atoms with Crippen LogP contribution in [0.4, 0.5) is 0 Å². The van der Waals surface area contributed by atoms with Gasteiger partial charge in [0.2, 0.25) is 0 Å². The summed E-state index contributed by atoms with van der Waals surface area (Å²) in [5, 5.41) is 2.60. The molecule has 0 radical (unpaired) electrons. The molecule has 1 unspecified atom stereocenters. The maximum atomic E-state index is 2.43. The molecule has 0 heterocycles. The fraction of sp³-hybridized carbons (Fsp3) is 0.226. The summed E-state index contributed by atoms with van der Waals surface area (Å²) in [6, 6.07) is 31.2. The summed E-state index contributed by atoms with van der Waals surface area (Å²) >= 11 is 0. The first-order valence-corrected chi connectivity index (χ1v) is 11.7. The van der Waals surface area contributed by atoms with Crippen molar-refractivity contribution in [2.75, 3.05) is 0 Å². The van der Waals surface area contributed by atoms with Gasteiger partial charge in [-0.3, -0.25) is 0 Å². The number of fused-ring (bicyclic) bond motifs is 4. The second-order valence-corrected chi connectivity index (χ2v) is 8.74. The molecule has 0 aromatic heterocycles. The highest BCUT2D eigenvalue weighted by atomic mass is 14.3. The van der Waals surface area contributed by atoms with Crippen molar-refractivity contribution in [2.45, 2.75) is 44.9 Å². The molecular weight excluding hydrogens is 372 g/mol. The Balaban J connectivity index is 1.46. The first-order valence-electron chi connectivity index (χ1n) is 11.7. The van der Waals surface area contributed by atoms with Crippen LogP contribution in [-0.2, 0) is 0 Å². The molecule has 0 N–H and O–H groups in total. The maximum absolute atomic E-state index is 2.43. The molecular formula is C31H30. The number of hydrogen-bond acceptors (Lipinski definition) is 0. The maximum Gasteiger partial charge on any atom is 0.0102 e. The highest BCUT2D eigenvalue weighted by molar-refractivity contribution is 5.93. The van der Waals surface area contributed by atoms with Crippen LogP contribution in [0.15, 0.2) is 84.9 Å². The summed E-state index contributed by atoms with van der Waals surface area (Å²) in [7, 11) is 0. The molecule has 31 heavy (non-hydrogen) atoms. The standard InChI is InChI=1S/C31H30/c1-2-3-4-5-15-29-27-16-8-9-17-28(27)30-21-19-23(22-31(29)30)18-20-25-13-10-12-24-11-6-7-14-26(24)25/h6-14,16-22,29H,2-5,15H2,1H3. The lowest BCUT2D eigenvalue weighted by Crippen LogP contribution is -1.97. The monoisotopic (exact) mass is 402 g/mol. The Hall–Kier alpha value is -3.12. The van der Waals surface area contributed by atoms with Gasteiger partial charge < -0.3 is 0 Å². The van der Waals surface area contributed by atoms with Crippen molar-refractivity contribution in [1.29, 1.82) is 0 Å². The molecule has 1 aliphatic carbocycles. The average Bonchev–Trinajstić information content (AvgIpc) is 3.13. The van der Waals surface area contributed by atoms with E-state index in [4.69, 9.17) is 0 Å². The van der Waals surface area contributed by atoms with Crippen LogP contribution in [-0.4, -0.2) is 0 Å². The second kappa shape index (κ2) is 8.94. The summed E-state index contributed by atoms with van der Waals surface area (Å²) in [4.78, 5) is 0. The van der Waals surface area contributed by atoms with Crippen LogP contribution in [0.25, 0.3) is 34.1 Å². The number of rotatable bonds is 7. The van der Waals surface area contributed by atoms with E-state index in [2.05, 4.69) is 104 Å². The Morgan fingerprint density at radius 3 is 2.42 bits per heavy atom. The van der Waals surface area contributed by atoms with Crippen LogP contribution in [0.5, 0.6) is 0 Å². The van der Waals surface area contributed by atoms with Gasteiger partial charge in [-0.1, -0.05) is 130 Å². The first kappa shape index (κ1) is 19.8. The van der Waals surface area contributed by atoms with Crippen molar-refractivity contribution in [2.24, 2.45) is 0 Å². The minimum absolute atomic E-state index is 0.536. The van der Waals surface area contributed by atoms with Crippen LogP contribution in [0.2, 0.25) is 0 Å². The lowest BCUT2D eigenvalue weighted by molar-refractivity contribution is 0.601. The Labute approximate surface area is 186 Å². The normalized spacial score (nSPS) is 14.8. The average molecular weight is 403 g/mol. The van der Waals surface area contributed by atoms with Gasteiger partial charge in [-0.25, -0.2) is 0 Å². The van der Waals surface area contributed by atoms with Crippen LogP contribution < -0.4 is 0 Å². The smallest absolute Gasteiger partial charge is 0.0102 e. The topological polar surface area (TPSA) is 0 Å². The summed E-state index contributed by atoms with van der Waals surface area (Å²) in [6.07, 6.45) is 11.1. The van der Waals surface area contributed by atoms with Gasteiger partial charge in [0, 0.05) is 5.92 Å². The summed E-state index contributed by atoms with van der Waals surface area (Å²) in [5.74, 6) is 0.536. The molecule has 0 aliphatic heterocycles. The molecule has 0 nitrogen and oxygen atoms in total. The molecule has 0 saturated carbocycles. The highest BCUT2D eigenvalue weighted by Crippen LogP contribution is 2.47. The zero-order chi connectivity index (χ0) is 21.0. The molecule has 1 atom stereocenters. The third-order valence-electron chi connectivity index (χ3n) is 6.70. The summed E-state index contributed by atoms with van der Waals surface area (Å²) in [5.41, 5.74) is 8.46. The molecule has 0 fully saturated rings. The quantitative estimate of drug-likeness (QED) is 0.213. The van der Waals surface area contributed by atoms with Crippen molar-refractivity contribution >= 4 is 22.9 Å². The van der Waals surface area contributed by atoms with Crippen molar-refractivity contribution in [3.05, 3.63) is 107 Å². The molecule has 154 valence electrons. The molecule has 4 aromatic rings. The van der Waals surface area contributed by atoms with Gasteiger partial charge in [0.1, 0.15) is 0 Å². The second-order valence-electron chi connectivity index (χ2n) is 8.74. The first-order chi connectivity index (χ1) is 15.3. The number of benzene rings is 4. The zero-order valence-electron chi connectivity index (χ0n) is 18.4. The van der Waals surface area contributed by atoms with Crippen LogP contribution in [0.1, 0.15) is 67.2 Å². The Morgan fingerprint density at radius 1 is 0.677 bits per heavy atom. The van der Waals surface area contributed by atoms with Crippen LogP contribution in [0.3, 0.4) is 0 Å². The van der Waals surface area contributed by atoms with Gasteiger partial charge in [-0.2, -0.15) is 0 Å². The predicted molar refractivity (Wildman–Crippen MR) is 135 cm³/mol. The van der Waals surface area contributed by atoms with Crippen LogP contribution >= 0.6 is 0 Å². The minimum Gasteiger partial charge on any atom is -0.0654 e.